The molecule has 0 aromatic heterocycles. The molecule has 28 heavy (non-hydrogen) atoms. The fraction of sp³-hybridized carbons (Fsp3) is 0.682. The Morgan fingerprint density at radius 3 is 2.21 bits per heavy atom. The van der Waals surface area contributed by atoms with Crippen LogP contribution in [-0.2, 0) is 20.5 Å². The summed E-state index contributed by atoms with van der Waals surface area (Å²) in [6, 6.07) is 10.2. The van der Waals surface area contributed by atoms with E-state index in [9.17, 15) is 4.79 Å². The van der Waals surface area contributed by atoms with Gasteiger partial charge in [-0.05, 0) is 66.0 Å². The highest BCUT2D eigenvalue weighted by molar-refractivity contribution is 6.48. The highest BCUT2D eigenvalue weighted by atomic mass is 16.7. The van der Waals surface area contributed by atoms with Crippen molar-refractivity contribution in [1.29, 1.82) is 0 Å². The summed E-state index contributed by atoms with van der Waals surface area (Å²) in [4.78, 5) is 12.8. The SMILES string of the molecule is CCCC(NC)C(=O)N[C@@H](CCCc1ccccc1)B1OC(C)(C)C(C)(C)O1. The third kappa shape index (κ3) is 5.82. The first-order valence-electron chi connectivity index (χ1n) is 10.6. The summed E-state index contributed by atoms with van der Waals surface area (Å²) < 4.78 is 12.5. The van der Waals surface area contributed by atoms with Gasteiger partial charge in [-0.2, -0.15) is 0 Å². The molecule has 2 N–H and O–H groups in total. The van der Waals surface area contributed by atoms with Crippen molar-refractivity contribution in [2.24, 2.45) is 0 Å². The Morgan fingerprint density at radius 1 is 1.07 bits per heavy atom. The molecule has 0 radical (unpaired) electrons. The van der Waals surface area contributed by atoms with Crippen molar-refractivity contribution in [3.8, 4) is 0 Å². The number of rotatable bonds is 10. The van der Waals surface area contributed by atoms with E-state index in [1.54, 1.807) is 0 Å². The molecule has 156 valence electrons. The van der Waals surface area contributed by atoms with Gasteiger partial charge in [-0.25, -0.2) is 0 Å². The van der Waals surface area contributed by atoms with E-state index in [1.165, 1.54) is 5.56 Å². The molecule has 1 fully saturated rings. The third-order valence-electron chi connectivity index (χ3n) is 5.99. The lowest BCUT2D eigenvalue weighted by Gasteiger charge is -2.32. The molecule has 0 aliphatic carbocycles. The lowest BCUT2D eigenvalue weighted by atomic mass is 9.75. The van der Waals surface area contributed by atoms with Gasteiger partial charge in [0.05, 0.1) is 23.2 Å². The Hall–Kier alpha value is -1.37. The largest absolute Gasteiger partial charge is 0.481 e. The molecule has 1 aliphatic rings. The van der Waals surface area contributed by atoms with Gasteiger partial charge < -0.3 is 19.9 Å². The van der Waals surface area contributed by atoms with Crippen molar-refractivity contribution < 1.29 is 14.1 Å². The molecule has 1 aliphatic heterocycles. The van der Waals surface area contributed by atoms with Crippen molar-refractivity contribution >= 4 is 13.0 Å². The van der Waals surface area contributed by atoms with Gasteiger partial charge in [0.15, 0.2) is 0 Å². The summed E-state index contributed by atoms with van der Waals surface area (Å²) >= 11 is 0. The summed E-state index contributed by atoms with van der Waals surface area (Å²) in [6.45, 7) is 10.3. The van der Waals surface area contributed by atoms with E-state index in [0.717, 1.165) is 32.1 Å². The number of nitrogens with one attached hydrogen (secondary N) is 2. The van der Waals surface area contributed by atoms with Gasteiger partial charge in [0.25, 0.3) is 0 Å². The average Bonchev–Trinajstić information content (AvgIpc) is 2.87. The van der Waals surface area contributed by atoms with E-state index in [2.05, 4.69) is 41.8 Å². The third-order valence-corrected chi connectivity index (χ3v) is 5.99. The van der Waals surface area contributed by atoms with Gasteiger partial charge in [0.2, 0.25) is 5.91 Å². The van der Waals surface area contributed by atoms with Gasteiger partial charge >= 0.3 is 7.12 Å². The number of carbonyl (C=O) groups excluding carboxylic acids is 1. The van der Waals surface area contributed by atoms with Crippen LogP contribution >= 0.6 is 0 Å². The molecule has 1 aromatic rings. The normalized spacial score (nSPS) is 20.0. The van der Waals surface area contributed by atoms with Crippen LogP contribution in [0.4, 0.5) is 0 Å². The predicted molar refractivity (Wildman–Crippen MR) is 115 cm³/mol. The summed E-state index contributed by atoms with van der Waals surface area (Å²) in [5.41, 5.74) is 0.484. The van der Waals surface area contributed by atoms with Crippen LogP contribution in [0.25, 0.3) is 0 Å². The molecule has 0 spiro atoms. The summed E-state index contributed by atoms with van der Waals surface area (Å²) in [5.74, 6) is -0.159. The van der Waals surface area contributed by atoms with Crippen LogP contribution in [-0.4, -0.2) is 43.3 Å². The smallest absolute Gasteiger partial charge is 0.402 e. The second-order valence-electron chi connectivity index (χ2n) is 8.75. The van der Waals surface area contributed by atoms with Crippen LogP contribution in [0.15, 0.2) is 30.3 Å². The maximum Gasteiger partial charge on any atom is 0.481 e. The summed E-state index contributed by atoms with van der Waals surface area (Å²) in [6.07, 6.45) is 4.49. The van der Waals surface area contributed by atoms with Gasteiger partial charge in [-0.3, -0.25) is 4.79 Å². The maximum absolute atomic E-state index is 12.8. The first-order valence-corrected chi connectivity index (χ1v) is 10.6. The Bertz CT molecular complexity index is 605. The van der Waals surface area contributed by atoms with E-state index >= 15 is 0 Å². The Kier molecular flexibility index (Phi) is 8.11. The number of aryl methyl sites for hydroxylation is 1. The minimum Gasteiger partial charge on any atom is -0.402 e. The molecule has 0 saturated carbocycles. The average molecular weight is 388 g/mol. The Labute approximate surface area is 171 Å². The summed E-state index contributed by atoms with van der Waals surface area (Å²) in [7, 11) is 1.39. The first kappa shape index (κ1) is 22.9. The number of hydrogen-bond donors (Lipinski definition) is 2. The minimum absolute atomic E-state index is 0.0174. The Morgan fingerprint density at radius 2 is 1.68 bits per heavy atom. The molecule has 6 heteroatoms. The van der Waals surface area contributed by atoms with Crippen molar-refractivity contribution in [3.63, 3.8) is 0 Å². The molecular weight excluding hydrogens is 351 g/mol. The van der Waals surface area contributed by atoms with Crippen molar-refractivity contribution in [3.05, 3.63) is 35.9 Å². The van der Waals surface area contributed by atoms with E-state index in [4.69, 9.17) is 9.31 Å². The Balaban J connectivity index is 2.06. The predicted octanol–water partition coefficient (Wildman–Crippen LogP) is 3.51. The molecule has 1 aromatic carbocycles. The van der Waals surface area contributed by atoms with E-state index in [0.29, 0.717) is 0 Å². The van der Waals surface area contributed by atoms with Gasteiger partial charge in [-0.15, -0.1) is 0 Å². The van der Waals surface area contributed by atoms with Crippen LogP contribution in [0.5, 0.6) is 0 Å². The number of likely N-dealkylation sites (N-methyl/N-ethyl adjacent to an activating group) is 1. The fourth-order valence-corrected chi connectivity index (χ4v) is 3.48. The molecule has 2 atom stereocenters. The number of benzene rings is 1. The van der Waals surface area contributed by atoms with E-state index in [-0.39, 0.29) is 17.9 Å². The minimum atomic E-state index is -0.441. The van der Waals surface area contributed by atoms with Gasteiger partial charge in [0.1, 0.15) is 0 Å². The number of amides is 1. The molecule has 1 heterocycles. The molecule has 1 saturated heterocycles. The second-order valence-corrected chi connectivity index (χ2v) is 8.75. The van der Waals surface area contributed by atoms with Crippen LogP contribution in [0, 0.1) is 0 Å². The van der Waals surface area contributed by atoms with Crippen LogP contribution in [0.3, 0.4) is 0 Å². The quantitative estimate of drug-likeness (QED) is 0.603. The monoisotopic (exact) mass is 388 g/mol. The lowest BCUT2D eigenvalue weighted by Crippen LogP contribution is -2.53. The zero-order valence-corrected chi connectivity index (χ0v) is 18.4. The molecule has 0 bridgehead atoms. The second kappa shape index (κ2) is 9.90. The zero-order chi connectivity index (χ0) is 20.8. The zero-order valence-electron chi connectivity index (χ0n) is 18.4. The first-order chi connectivity index (χ1) is 13.2. The van der Waals surface area contributed by atoms with Crippen LogP contribution in [0.2, 0.25) is 0 Å². The lowest BCUT2D eigenvalue weighted by molar-refractivity contribution is -0.123. The molecule has 1 unspecified atom stereocenters. The highest BCUT2D eigenvalue weighted by Gasteiger charge is 2.54. The van der Waals surface area contributed by atoms with E-state index < -0.39 is 18.3 Å². The van der Waals surface area contributed by atoms with Crippen LogP contribution < -0.4 is 10.6 Å². The fourth-order valence-electron chi connectivity index (χ4n) is 3.48. The maximum atomic E-state index is 12.8. The van der Waals surface area contributed by atoms with Crippen LogP contribution in [0.1, 0.15) is 65.9 Å². The molecule has 5 nitrogen and oxygen atoms in total. The van der Waals surface area contributed by atoms with Crippen molar-refractivity contribution in [1.82, 2.24) is 10.6 Å². The molecule has 1 amide bonds. The van der Waals surface area contributed by atoms with E-state index in [1.807, 2.05) is 40.8 Å². The topological polar surface area (TPSA) is 59.6 Å². The van der Waals surface area contributed by atoms with Gasteiger partial charge in [-0.1, -0.05) is 43.7 Å². The van der Waals surface area contributed by atoms with Crippen molar-refractivity contribution in [2.75, 3.05) is 7.05 Å². The number of hydrogen-bond acceptors (Lipinski definition) is 4. The highest BCUT2D eigenvalue weighted by Crippen LogP contribution is 2.38. The molecular formula is C22H37BN2O3. The van der Waals surface area contributed by atoms with Crippen molar-refractivity contribution in [2.45, 2.75) is 89.9 Å². The standard InChI is InChI=1S/C22H37BN2O3/c1-7-12-18(24-6)20(26)25-19(16-11-15-17-13-9-8-10-14-17)23-27-21(2,3)22(4,5)28-23/h8-10,13-14,18-19,24H,7,11-12,15-16H2,1-6H3,(H,25,26)/t18?,19-/m0/s1. The van der Waals surface area contributed by atoms with Gasteiger partial charge in [0, 0.05) is 0 Å². The number of carbonyl (C=O) groups is 1. The summed E-state index contributed by atoms with van der Waals surface area (Å²) in [5, 5.41) is 6.32. The molecule has 2 rings (SSSR count).